The summed E-state index contributed by atoms with van der Waals surface area (Å²) in [6.45, 7) is 0. The van der Waals surface area contributed by atoms with E-state index in [9.17, 15) is 0 Å². The Morgan fingerprint density at radius 2 is 0.250 bits per heavy atom. The summed E-state index contributed by atoms with van der Waals surface area (Å²) in [7, 11) is 0. The van der Waals surface area contributed by atoms with Gasteiger partial charge in [-0.3, -0.25) is 0 Å². The van der Waals surface area contributed by atoms with Gasteiger partial charge < -0.3 is 0 Å². The van der Waals surface area contributed by atoms with Crippen molar-refractivity contribution in [2.75, 3.05) is 0 Å². The van der Waals surface area contributed by atoms with Gasteiger partial charge in [-0.25, -0.2) is 0 Å². The third-order valence-electron chi connectivity index (χ3n) is 0. The number of hydrogen-bond donors (Lipinski definition) is 0. The minimum absolute atomic E-state index is 0. The minimum atomic E-state index is 0. The second-order valence-corrected chi connectivity index (χ2v) is 0. The van der Waals surface area contributed by atoms with Crippen LogP contribution in [0.25, 0.3) is 0 Å². The molecule has 0 aromatic carbocycles. The van der Waals surface area contributed by atoms with Crippen LogP contribution in [-0.4, -0.2) is 65.8 Å². The molecule has 0 aromatic rings. The fourth-order valence-electron chi connectivity index (χ4n) is 0. The van der Waals surface area contributed by atoms with E-state index in [2.05, 4.69) is 0 Å². The first-order valence-electron chi connectivity index (χ1n) is 0. The molecule has 0 unspecified atom stereocenters. The number of rotatable bonds is 0. The maximum Gasteiger partial charge on any atom is 0 e. The van der Waals surface area contributed by atoms with Crippen LogP contribution in [0.2, 0.25) is 0 Å². The molecule has 0 nitrogen and oxygen atoms in total. The van der Waals surface area contributed by atoms with Gasteiger partial charge in [0.2, 0.25) is 0 Å². The fraction of sp³-hybridized carbons (Fsp3) is 0. The third-order valence-corrected chi connectivity index (χ3v) is 0. The molecule has 8 heavy (non-hydrogen) atoms. The SMILES string of the molecule is [Mn].[Mn].[SiH4].[SiH4].[SiH4].[SiH4].[SiH4].[SiH4]. The molecule has 0 spiro atoms. The molecule has 0 aromatic heterocycles. The second-order valence-electron chi connectivity index (χ2n) is 0. The molecule has 0 N–H and O–H groups in total. The molecule has 0 rings (SSSR count). The summed E-state index contributed by atoms with van der Waals surface area (Å²) in [5.41, 5.74) is 0. The molecule has 8 heteroatoms. The van der Waals surface area contributed by atoms with Crippen molar-refractivity contribution in [3.8, 4) is 0 Å². The summed E-state index contributed by atoms with van der Waals surface area (Å²) in [5, 5.41) is 0. The Kier molecular flexibility index (Phi) is 2440. The van der Waals surface area contributed by atoms with Gasteiger partial charge in [0.15, 0.2) is 0 Å². The van der Waals surface area contributed by atoms with Crippen LogP contribution in [-0.2, 0) is 34.1 Å². The van der Waals surface area contributed by atoms with Crippen molar-refractivity contribution in [2.45, 2.75) is 0 Å². The zero-order valence-electron chi connectivity index (χ0n) is 0.756. The predicted octanol–water partition coefficient (Wildman–Crippen LogP) is -8.71. The molecule has 0 aliphatic rings. The van der Waals surface area contributed by atoms with Crippen LogP contribution in [0.1, 0.15) is 0 Å². The Bertz CT molecular complexity index is 6.49. The van der Waals surface area contributed by atoms with E-state index >= 15 is 0 Å². The summed E-state index contributed by atoms with van der Waals surface area (Å²) in [5.74, 6) is 0. The van der Waals surface area contributed by atoms with E-state index in [-0.39, 0.29) is 99.9 Å². The molecule has 62 valence electrons. The van der Waals surface area contributed by atoms with E-state index in [4.69, 9.17) is 0 Å². The first-order chi connectivity index (χ1) is 0. The van der Waals surface area contributed by atoms with Crippen LogP contribution in [0.4, 0.5) is 0 Å². The summed E-state index contributed by atoms with van der Waals surface area (Å²) in [4.78, 5) is 0. The quantitative estimate of drug-likeness (QED) is 0.390. The van der Waals surface area contributed by atoms with E-state index in [0.717, 1.165) is 0 Å². The molecule has 0 heterocycles. The van der Waals surface area contributed by atoms with Crippen LogP contribution < -0.4 is 0 Å². The Labute approximate surface area is 99.2 Å². The Balaban J connectivity index is 0. The standard InChI is InChI=1S/2Mn.6H4Si/h;;6*1H4. The van der Waals surface area contributed by atoms with Gasteiger partial charge in [-0.15, -0.1) is 0 Å². The maximum atomic E-state index is 0. The van der Waals surface area contributed by atoms with Crippen molar-refractivity contribution in [3.05, 3.63) is 0 Å². The van der Waals surface area contributed by atoms with E-state index in [1.54, 1.807) is 0 Å². The Morgan fingerprint density at radius 3 is 0.250 bits per heavy atom. The smallest absolute Gasteiger partial charge is 0 e. The van der Waals surface area contributed by atoms with Crippen molar-refractivity contribution in [2.24, 2.45) is 0 Å². The molecular weight excluding hydrogens is 278 g/mol. The van der Waals surface area contributed by atoms with Gasteiger partial charge in [0, 0.05) is 34.1 Å². The molecular formula is H24Mn2Si6. The summed E-state index contributed by atoms with van der Waals surface area (Å²) in [6, 6.07) is 0. The van der Waals surface area contributed by atoms with Crippen molar-refractivity contribution >= 4 is 65.8 Å². The van der Waals surface area contributed by atoms with Crippen LogP contribution >= 0.6 is 0 Å². The van der Waals surface area contributed by atoms with Crippen LogP contribution in [0.15, 0.2) is 0 Å². The van der Waals surface area contributed by atoms with Crippen LogP contribution in [0.5, 0.6) is 0 Å². The zero-order valence-corrected chi connectivity index (χ0v) is 3.12. The first-order valence-corrected chi connectivity index (χ1v) is 0. The summed E-state index contributed by atoms with van der Waals surface area (Å²) >= 11 is 0. The average molecular weight is 303 g/mol. The van der Waals surface area contributed by atoms with Crippen molar-refractivity contribution < 1.29 is 34.1 Å². The molecule has 0 saturated heterocycles. The normalized spacial score (nSPS) is 0. The third kappa shape index (κ3) is 82.0. The van der Waals surface area contributed by atoms with Gasteiger partial charge in [0.05, 0.1) is 0 Å². The Morgan fingerprint density at radius 1 is 0.250 bits per heavy atom. The van der Waals surface area contributed by atoms with Crippen LogP contribution in [0.3, 0.4) is 0 Å². The monoisotopic (exact) mass is 302 g/mol. The van der Waals surface area contributed by atoms with Crippen molar-refractivity contribution in [3.63, 3.8) is 0 Å². The minimum Gasteiger partial charge on any atom is -0.0149 e. The Hall–Kier alpha value is 2.34. The topological polar surface area (TPSA) is 0 Å². The van der Waals surface area contributed by atoms with E-state index in [0.29, 0.717) is 0 Å². The summed E-state index contributed by atoms with van der Waals surface area (Å²) < 4.78 is 0. The van der Waals surface area contributed by atoms with Gasteiger partial charge in [-0.05, 0) is 65.8 Å². The first kappa shape index (κ1) is 165. The molecule has 0 saturated carbocycles. The molecule has 0 bridgehead atoms. The van der Waals surface area contributed by atoms with Gasteiger partial charge in [0.1, 0.15) is 0 Å². The second kappa shape index (κ2) is 119. The largest absolute Gasteiger partial charge is 0.0149 e. The van der Waals surface area contributed by atoms with E-state index in [1.807, 2.05) is 0 Å². The van der Waals surface area contributed by atoms with Gasteiger partial charge in [-0.1, -0.05) is 0 Å². The molecule has 0 aliphatic carbocycles. The molecule has 0 amide bonds. The van der Waals surface area contributed by atoms with Gasteiger partial charge in [0.25, 0.3) is 0 Å². The predicted molar refractivity (Wildman–Crippen MR) is 68.0 cm³/mol. The van der Waals surface area contributed by atoms with Gasteiger partial charge >= 0.3 is 0 Å². The van der Waals surface area contributed by atoms with Crippen molar-refractivity contribution in [1.82, 2.24) is 0 Å². The maximum absolute atomic E-state index is 0. The molecule has 0 atom stereocenters. The zero-order chi connectivity index (χ0) is 0. The fourth-order valence-corrected chi connectivity index (χ4v) is 0. The van der Waals surface area contributed by atoms with Gasteiger partial charge in [-0.2, -0.15) is 0 Å². The average Bonchev–Trinajstić information content (AvgIpc) is 0. The molecule has 0 aliphatic heterocycles. The molecule has 2 radical (unpaired) electrons. The van der Waals surface area contributed by atoms with Crippen molar-refractivity contribution in [1.29, 1.82) is 0 Å². The van der Waals surface area contributed by atoms with Crippen LogP contribution in [0, 0.1) is 0 Å². The summed E-state index contributed by atoms with van der Waals surface area (Å²) in [6.07, 6.45) is 0. The van der Waals surface area contributed by atoms with E-state index < -0.39 is 0 Å². The number of hydrogen-bond acceptors (Lipinski definition) is 0. The van der Waals surface area contributed by atoms with E-state index in [1.165, 1.54) is 0 Å². The molecule has 0 fully saturated rings.